The molecule has 0 saturated heterocycles. The van der Waals surface area contributed by atoms with Crippen LogP contribution in [0.2, 0.25) is 5.02 Å². The van der Waals surface area contributed by atoms with E-state index in [-0.39, 0.29) is 6.10 Å². The second kappa shape index (κ2) is 8.26. The van der Waals surface area contributed by atoms with Crippen molar-refractivity contribution in [3.05, 3.63) is 41.4 Å². The predicted molar refractivity (Wildman–Crippen MR) is 91.4 cm³/mol. The SMILES string of the molecule is CCCCCNCC(C)Oc1ccc(Cl)c2ccccc12. The van der Waals surface area contributed by atoms with E-state index in [9.17, 15) is 0 Å². The van der Waals surface area contributed by atoms with Crippen molar-refractivity contribution < 1.29 is 4.74 Å². The summed E-state index contributed by atoms with van der Waals surface area (Å²) in [5.74, 6) is 0.901. The molecule has 0 aliphatic heterocycles. The van der Waals surface area contributed by atoms with Crippen molar-refractivity contribution in [3.63, 3.8) is 0 Å². The number of ether oxygens (including phenoxy) is 1. The fourth-order valence-corrected chi connectivity index (χ4v) is 2.63. The summed E-state index contributed by atoms with van der Waals surface area (Å²) in [7, 11) is 0. The molecule has 2 aromatic rings. The number of unbranched alkanes of at least 4 members (excludes halogenated alkanes) is 2. The van der Waals surface area contributed by atoms with Crippen molar-refractivity contribution in [3.8, 4) is 5.75 Å². The first-order chi connectivity index (χ1) is 10.2. The van der Waals surface area contributed by atoms with Gasteiger partial charge in [-0.2, -0.15) is 0 Å². The van der Waals surface area contributed by atoms with E-state index >= 15 is 0 Å². The molecule has 0 radical (unpaired) electrons. The maximum absolute atomic E-state index is 6.23. The van der Waals surface area contributed by atoms with Gasteiger partial charge in [-0.1, -0.05) is 55.6 Å². The normalized spacial score (nSPS) is 12.5. The van der Waals surface area contributed by atoms with Crippen LogP contribution in [0.15, 0.2) is 36.4 Å². The van der Waals surface area contributed by atoms with Crippen LogP contribution in [-0.2, 0) is 0 Å². The number of benzene rings is 2. The Morgan fingerprint density at radius 3 is 2.62 bits per heavy atom. The highest BCUT2D eigenvalue weighted by Crippen LogP contribution is 2.31. The molecule has 1 N–H and O–H groups in total. The minimum Gasteiger partial charge on any atom is -0.489 e. The Morgan fingerprint density at radius 1 is 1.10 bits per heavy atom. The molecule has 0 aromatic heterocycles. The molecule has 0 saturated carbocycles. The van der Waals surface area contributed by atoms with E-state index < -0.39 is 0 Å². The molecular formula is C18H24ClNO. The first-order valence-corrected chi connectivity index (χ1v) is 8.14. The van der Waals surface area contributed by atoms with Crippen LogP contribution in [0.1, 0.15) is 33.1 Å². The Kier molecular flexibility index (Phi) is 6.34. The van der Waals surface area contributed by atoms with Crippen molar-refractivity contribution in [1.29, 1.82) is 0 Å². The lowest BCUT2D eigenvalue weighted by Crippen LogP contribution is -2.29. The Labute approximate surface area is 132 Å². The first-order valence-electron chi connectivity index (χ1n) is 7.77. The molecule has 0 aliphatic rings. The van der Waals surface area contributed by atoms with E-state index in [1.807, 2.05) is 30.3 Å². The van der Waals surface area contributed by atoms with Gasteiger partial charge < -0.3 is 10.1 Å². The van der Waals surface area contributed by atoms with Gasteiger partial charge in [-0.25, -0.2) is 0 Å². The quantitative estimate of drug-likeness (QED) is 0.690. The highest BCUT2D eigenvalue weighted by Gasteiger charge is 2.08. The van der Waals surface area contributed by atoms with Crippen LogP contribution < -0.4 is 10.1 Å². The molecule has 21 heavy (non-hydrogen) atoms. The van der Waals surface area contributed by atoms with E-state index in [1.165, 1.54) is 19.3 Å². The van der Waals surface area contributed by atoms with Crippen LogP contribution in [0.5, 0.6) is 5.75 Å². The highest BCUT2D eigenvalue weighted by atomic mass is 35.5. The second-order valence-corrected chi connectivity index (χ2v) is 5.84. The van der Waals surface area contributed by atoms with Gasteiger partial charge in [0.05, 0.1) is 0 Å². The standard InChI is InChI=1S/C18H24ClNO/c1-3-4-7-12-20-13-14(2)21-18-11-10-17(19)15-8-5-6-9-16(15)18/h5-6,8-11,14,20H,3-4,7,12-13H2,1-2H3. The molecule has 0 aliphatic carbocycles. The Balaban J connectivity index is 1.95. The van der Waals surface area contributed by atoms with Crippen molar-refractivity contribution in [2.24, 2.45) is 0 Å². The number of hydrogen-bond acceptors (Lipinski definition) is 2. The van der Waals surface area contributed by atoms with Gasteiger partial charge in [0.2, 0.25) is 0 Å². The highest BCUT2D eigenvalue weighted by molar-refractivity contribution is 6.35. The lowest BCUT2D eigenvalue weighted by atomic mass is 10.1. The molecule has 2 aromatic carbocycles. The van der Waals surface area contributed by atoms with Crippen LogP contribution in [0, 0.1) is 0 Å². The van der Waals surface area contributed by atoms with Gasteiger partial charge in [-0.15, -0.1) is 0 Å². The predicted octanol–water partition coefficient (Wildman–Crippen LogP) is 5.04. The van der Waals surface area contributed by atoms with E-state index in [1.54, 1.807) is 0 Å². The molecular weight excluding hydrogens is 282 g/mol. The molecule has 0 amide bonds. The molecule has 3 heteroatoms. The van der Waals surface area contributed by atoms with Gasteiger partial charge in [0.25, 0.3) is 0 Å². The smallest absolute Gasteiger partial charge is 0.127 e. The number of rotatable bonds is 8. The van der Waals surface area contributed by atoms with E-state index in [0.29, 0.717) is 0 Å². The minimum atomic E-state index is 0.135. The number of halogens is 1. The van der Waals surface area contributed by atoms with Crippen LogP contribution in [-0.4, -0.2) is 19.2 Å². The first kappa shape index (κ1) is 16.1. The summed E-state index contributed by atoms with van der Waals surface area (Å²) in [6, 6.07) is 11.9. The molecule has 2 rings (SSSR count). The average Bonchev–Trinajstić information content (AvgIpc) is 2.50. The zero-order valence-corrected chi connectivity index (χ0v) is 13.6. The summed E-state index contributed by atoms with van der Waals surface area (Å²) >= 11 is 6.23. The summed E-state index contributed by atoms with van der Waals surface area (Å²) in [6.45, 7) is 6.23. The fraction of sp³-hybridized carbons (Fsp3) is 0.444. The van der Waals surface area contributed by atoms with Gasteiger partial charge >= 0.3 is 0 Å². The Hall–Kier alpha value is -1.25. The summed E-state index contributed by atoms with van der Waals surface area (Å²) in [5.41, 5.74) is 0. The molecule has 1 atom stereocenters. The zero-order valence-electron chi connectivity index (χ0n) is 12.9. The maximum Gasteiger partial charge on any atom is 0.127 e. The lowest BCUT2D eigenvalue weighted by Gasteiger charge is -2.17. The van der Waals surface area contributed by atoms with Crippen molar-refractivity contribution in [2.75, 3.05) is 13.1 Å². The third-order valence-corrected chi connectivity index (χ3v) is 3.88. The largest absolute Gasteiger partial charge is 0.489 e. The molecule has 0 bridgehead atoms. The van der Waals surface area contributed by atoms with Crippen molar-refractivity contribution in [2.45, 2.75) is 39.2 Å². The summed E-state index contributed by atoms with van der Waals surface area (Å²) < 4.78 is 6.07. The second-order valence-electron chi connectivity index (χ2n) is 5.43. The van der Waals surface area contributed by atoms with E-state index in [0.717, 1.165) is 34.6 Å². The van der Waals surface area contributed by atoms with Crippen LogP contribution in [0.4, 0.5) is 0 Å². The molecule has 0 fully saturated rings. The van der Waals surface area contributed by atoms with Crippen molar-refractivity contribution >= 4 is 22.4 Å². The molecule has 0 spiro atoms. The molecule has 2 nitrogen and oxygen atoms in total. The molecule has 114 valence electrons. The van der Waals surface area contributed by atoms with Crippen LogP contribution in [0.3, 0.4) is 0 Å². The zero-order chi connectivity index (χ0) is 15.1. The van der Waals surface area contributed by atoms with E-state index in [4.69, 9.17) is 16.3 Å². The van der Waals surface area contributed by atoms with Crippen LogP contribution in [0.25, 0.3) is 10.8 Å². The summed E-state index contributed by atoms with van der Waals surface area (Å²) in [4.78, 5) is 0. The lowest BCUT2D eigenvalue weighted by molar-refractivity contribution is 0.220. The third-order valence-electron chi connectivity index (χ3n) is 3.55. The number of nitrogens with one attached hydrogen (secondary N) is 1. The number of fused-ring (bicyclic) bond motifs is 1. The monoisotopic (exact) mass is 305 g/mol. The number of hydrogen-bond donors (Lipinski definition) is 1. The summed E-state index contributed by atoms with van der Waals surface area (Å²) in [5, 5.41) is 6.33. The van der Waals surface area contributed by atoms with Gasteiger partial charge in [-0.05, 0) is 32.0 Å². The minimum absolute atomic E-state index is 0.135. The summed E-state index contributed by atoms with van der Waals surface area (Å²) in [6.07, 6.45) is 3.90. The fourth-order valence-electron chi connectivity index (χ4n) is 2.40. The van der Waals surface area contributed by atoms with Gasteiger partial charge in [0, 0.05) is 22.3 Å². The van der Waals surface area contributed by atoms with Gasteiger partial charge in [-0.3, -0.25) is 0 Å². The van der Waals surface area contributed by atoms with Crippen LogP contribution >= 0.6 is 11.6 Å². The van der Waals surface area contributed by atoms with Crippen molar-refractivity contribution in [1.82, 2.24) is 5.32 Å². The Bertz CT molecular complexity index is 570. The molecule has 1 unspecified atom stereocenters. The topological polar surface area (TPSA) is 21.3 Å². The van der Waals surface area contributed by atoms with E-state index in [2.05, 4.69) is 25.2 Å². The average molecular weight is 306 g/mol. The maximum atomic E-state index is 6.23. The third kappa shape index (κ3) is 4.62. The molecule has 0 heterocycles. The van der Waals surface area contributed by atoms with Gasteiger partial charge in [0.1, 0.15) is 11.9 Å². The Morgan fingerprint density at radius 2 is 1.86 bits per heavy atom. The van der Waals surface area contributed by atoms with Gasteiger partial charge in [0.15, 0.2) is 0 Å².